The van der Waals surface area contributed by atoms with E-state index in [0.717, 1.165) is 22.6 Å². The molecular formula is C17H16ClN3O2S. The number of hydrogen-bond acceptors (Lipinski definition) is 4. The number of imidazole rings is 1. The first kappa shape index (κ1) is 15.6. The minimum Gasteiger partial charge on any atom is -0.379 e. The Morgan fingerprint density at radius 2 is 2.21 bits per heavy atom. The number of aromatic nitrogens is 2. The third kappa shape index (κ3) is 2.70. The second-order valence-electron chi connectivity index (χ2n) is 5.84. The highest BCUT2D eigenvalue weighted by Gasteiger charge is 2.27. The van der Waals surface area contributed by atoms with E-state index in [2.05, 4.69) is 4.98 Å². The number of fused-ring (bicyclic) bond motifs is 1. The van der Waals surface area contributed by atoms with E-state index in [1.54, 1.807) is 4.90 Å². The number of benzene rings is 1. The first-order chi connectivity index (χ1) is 11.6. The van der Waals surface area contributed by atoms with Crippen molar-refractivity contribution in [2.45, 2.75) is 12.5 Å². The summed E-state index contributed by atoms with van der Waals surface area (Å²) >= 11 is 7.40. The average molecular weight is 362 g/mol. The molecule has 7 heteroatoms. The molecule has 5 nitrogen and oxygen atoms in total. The molecule has 2 aromatic heterocycles. The van der Waals surface area contributed by atoms with Crippen molar-refractivity contribution in [2.24, 2.45) is 0 Å². The molecule has 4 rings (SSSR count). The van der Waals surface area contributed by atoms with Gasteiger partial charge in [0.15, 0.2) is 4.96 Å². The Kier molecular flexibility index (Phi) is 4.04. The van der Waals surface area contributed by atoms with Crippen molar-refractivity contribution in [3.63, 3.8) is 0 Å². The fourth-order valence-electron chi connectivity index (χ4n) is 2.87. The van der Waals surface area contributed by atoms with E-state index in [-0.39, 0.29) is 11.9 Å². The van der Waals surface area contributed by atoms with Crippen molar-refractivity contribution in [3.05, 3.63) is 46.6 Å². The van der Waals surface area contributed by atoms with Gasteiger partial charge in [0.2, 0.25) is 0 Å². The number of likely N-dealkylation sites (N-methyl/N-ethyl adjacent to an activating group) is 1. The maximum absolute atomic E-state index is 12.8. The van der Waals surface area contributed by atoms with Crippen LogP contribution in [0.1, 0.15) is 16.9 Å². The number of halogens is 1. The van der Waals surface area contributed by atoms with Crippen molar-refractivity contribution >= 4 is 33.8 Å². The van der Waals surface area contributed by atoms with Crippen LogP contribution in [-0.2, 0) is 4.74 Å². The summed E-state index contributed by atoms with van der Waals surface area (Å²) in [4.78, 5) is 20.0. The van der Waals surface area contributed by atoms with Gasteiger partial charge in [-0.3, -0.25) is 9.20 Å². The van der Waals surface area contributed by atoms with Crippen molar-refractivity contribution in [1.82, 2.24) is 14.3 Å². The maximum Gasteiger partial charge on any atom is 0.271 e. The maximum atomic E-state index is 12.8. The Hall–Kier alpha value is -1.89. The SMILES string of the molecule is CN(C(=O)c1csc2nc(-c3ccc(Cl)cc3)cn12)[C@H]1CCOC1. The van der Waals surface area contributed by atoms with Gasteiger partial charge in [0.05, 0.1) is 18.3 Å². The van der Waals surface area contributed by atoms with Crippen LogP contribution in [0.2, 0.25) is 5.02 Å². The molecule has 1 aliphatic rings. The van der Waals surface area contributed by atoms with Crippen molar-refractivity contribution < 1.29 is 9.53 Å². The summed E-state index contributed by atoms with van der Waals surface area (Å²) < 4.78 is 7.25. The summed E-state index contributed by atoms with van der Waals surface area (Å²) in [6.07, 6.45) is 2.79. The highest BCUT2D eigenvalue weighted by molar-refractivity contribution is 7.15. The number of ether oxygens (including phenoxy) is 1. The molecule has 24 heavy (non-hydrogen) atoms. The number of carbonyl (C=O) groups excluding carboxylic acids is 1. The zero-order chi connectivity index (χ0) is 16.7. The summed E-state index contributed by atoms with van der Waals surface area (Å²) in [7, 11) is 1.84. The minimum atomic E-state index is -0.00296. The largest absolute Gasteiger partial charge is 0.379 e. The van der Waals surface area contributed by atoms with E-state index >= 15 is 0 Å². The Labute approximate surface area is 148 Å². The summed E-state index contributed by atoms with van der Waals surface area (Å²) in [5.41, 5.74) is 2.45. The zero-order valence-electron chi connectivity index (χ0n) is 13.1. The Balaban J connectivity index is 1.67. The van der Waals surface area contributed by atoms with E-state index in [0.29, 0.717) is 23.9 Å². The van der Waals surface area contributed by atoms with Crippen LogP contribution in [-0.4, -0.2) is 46.5 Å². The van der Waals surface area contributed by atoms with E-state index < -0.39 is 0 Å². The topological polar surface area (TPSA) is 46.8 Å². The average Bonchev–Trinajstić information content (AvgIpc) is 3.30. The number of hydrogen-bond donors (Lipinski definition) is 0. The minimum absolute atomic E-state index is 0.00296. The fourth-order valence-corrected chi connectivity index (χ4v) is 3.84. The van der Waals surface area contributed by atoms with E-state index in [1.807, 2.05) is 47.3 Å². The van der Waals surface area contributed by atoms with E-state index in [1.165, 1.54) is 11.3 Å². The Bertz CT molecular complexity index is 881. The molecule has 0 spiro atoms. The first-order valence-electron chi connectivity index (χ1n) is 7.71. The lowest BCUT2D eigenvalue weighted by Crippen LogP contribution is -2.37. The highest BCUT2D eigenvalue weighted by atomic mass is 35.5. The molecule has 0 aliphatic carbocycles. The molecule has 3 aromatic rings. The number of nitrogens with zero attached hydrogens (tertiary/aromatic N) is 3. The highest BCUT2D eigenvalue weighted by Crippen LogP contribution is 2.26. The summed E-state index contributed by atoms with van der Waals surface area (Å²) in [6.45, 7) is 1.32. The van der Waals surface area contributed by atoms with Gasteiger partial charge in [-0.25, -0.2) is 4.98 Å². The number of carbonyl (C=O) groups is 1. The molecule has 1 aromatic carbocycles. The fraction of sp³-hybridized carbons (Fsp3) is 0.294. The van der Waals surface area contributed by atoms with Gasteiger partial charge in [-0.15, -0.1) is 11.3 Å². The second-order valence-corrected chi connectivity index (χ2v) is 7.11. The summed E-state index contributed by atoms with van der Waals surface area (Å²) in [5, 5.41) is 2.55. The zero-order valence-corrected chi connectivity index (χ0v) is 14.7. The normalized spacial score (nSPS) is 17.5. The predicted molar refractivity (Wildman–Crippen MR) is 94.8 cm³/mol. The number of thiazole rings is 1. The van der Waals surface area contributed by atoms with Crippen molar-refractivity contribution in [3.8, 4) is 11.3 Å². The summed E-state index contributed by atoms with van der Waals surface area (Å²) in [6, 6.07) is 7.68. The van der Waals surface area contributed by atoms with Crippen LogP contribution >= 0.6 is 22.9 Å². The van der Waals surface area contributed by atoms with Gasteiger partial charge in [0.25, 0.3) is 5.91 Å². The van der Waals surface area contributed by atoms with Gasteiger partial charge < -0.3 is 9.64 Å². The van der Waals surface area contributed by atoms with Crippen molar-refractivity contribution in [1.29, 1.82) is 0 Å². The third-order valence-corrected chi connectivity index (χ3v) is 5.43. The molecule has 0 radical (unpaired) electrons. The van der Waals surface area contributed by atoms with Gasteiger partial charge in [-0.05, 0) is 18.6 Å². The third-order valence-electron chi connectivity index (χ3n) is 4.34. The van der Waals surface area contributed by atoms with Gasteiger partial charge >= 0.3 is 0 Å². The van der Waals surface area contributed by atoms with E-state index in [4.69, 9.17) is 16.3 Å². The molecule has 1 amide bonds. The standard InChI is InChI=1S/C17H16ClN3O2S/c1-20(13-6-7-23-9-13)16(22)15-10-24-17-19-14(8-21(15)17)11-2-4-12(18)5-3-11/h2-5,8,10,13H,6-7,9H2,1H3/t13-/m0/s1. The molecule has 1 atom stereocenters. The monoisotopic (exact) mass is 361 g/mol. The Morgan fingerprint density at radius 1 is 1.42 bits per heavy atom. The van der Waals surface area contributed by atoms with E-state index in [9.17, 15) is 4.79 Å². The molecule has 1 fully saturated rings. The number of amides is 1. The molecule has 0 bridgehead atoms. The van der Waals surface area contributed by atoms with Gasteiger partial charge in [0, 0.05) is 35.8 Å². The lowest BCUT2D eigenvalue weighted by atomic mass is 10.2. The van der Waals surface area contributed by atoms with Crippen molar-refractivity contribution in [2.75, 3.05) is 20.3 Å². The molecular weight excluding hydrogens is 346 g/mol. The molecule has 1 saturated heterocycles. The second kappa shape index (κ2) is 6.20. The van der Waals surface area contributed by atoms with Crippen LogP contribution in [0.3, 0.4) is 0 Å². The first-order valence-corrected chi connectivity index (χ1v) is 8.96. The van der Waals surface area contributed by atoms with Crippen LogP contribution in [0.25, 0.3) is 16.2 Å². The quantitative estimate of drug-likeness (QED) is 0.716. The van der Waals surface area contributed by atoms with Gasteiger partial charge in [0.1, 0.15) is 5.69 Å². The molecule has 3 heterocycles. The smallest absolute Gasteiger partial charge is 0.271 e. The van der Waals surface area contributed by atoms with Gasteiger partial charge in [-0.2, -0.15) is 0 Å². The Morgan fingerprint density at radius 3 is 2.92 bits per heavy atom. The van der Waals surface area contributed by atoms with Crippen LogP contribution in [0.5, 0.6) is 0 Å². The van der Waals surface area contributed by atoms with Gasteiger partial charge in [-0.1, -0.05) is 23.7 Å². The van der Waals surface area contributed by atoms with Crippen LogP contribution in [0.15, 0.2) is 35.8 Å². The molecule has 1 aliphatic heterocycles. The molecule has 124 valence electrons. The molecule has 0 N–H and O–H groups in total. The predicted octanol–water partition coefficient (Wildman–Crippen LogP) is 3.58. The lowest BCUT2D eigenvalue weighted by molar-refractivity contribution is 0.0704. The number of rotatable bonds is 3. The molecule has 0 unspecified atom stereocenters. The van der Waals surface area contributed by atoms with Crippen LogP contribution in [0.4, 0.5) is 0 Å². The lowest BCUT2D eigenvalue weighted by Gasteiger charge is -2.22. The van der Waals surface area contributed by atoms with Crippen LogP contribution in [0, 0.1) is 0 Å². The summed E-state index contributed by atoms with van der Waals surface area (Å²) in [5.74, 6) is -0.00296. The van der Waals surface area contributed by atoms with Crippen LogP contribution < -0.4 is 0 Å². The molecule has 0 saturated carbocycles.